The fourth-order valence-corrected chi connectivity index (χ4v) is 1.53. The largest absolute Gasteiger partial charge is 0.497 e. The third kappa shape index (κ3) is 4.98. The normalized spacial score (nSPS) is 9.48. The number of hydrogen-bond donors (Lipinski definition) is 2. The highest BCUT2D eigenvalue weighted by molar-refractivity contribution is 5.64. The maximum absolute atomic E-state index is 10.4. The molecule has 0 aliphatic rings. The Hall–Kier alpha value is -4.03. The van der Waals surface area contributed by atoms with E-state index in [-0.39, 0.29) is 0 Å². The van der Waals surface area contributed by atoms with Gasteiger partial charge in [0, 0.05) is 19.4 Å². The first kappa shape index (κ1) is 19.0. The summed E-state index contributed by atoms with van der Waals surface area (Å²) in [6.45, 7) is 0. The van der Waals surface area contributed by atoms with Crippen LogP contribution in [0.15, 0.2) is 41.7 Å². The maximum atomic E-state index is 10.4. The second-order valence-corrected chi connectivity index (χ2v) is 4.26. The predicted octanol–water partition coefficient (Wildman–Crippen LogP) is 1.37. The van der Waals surface area contributed by atoms with Gasteiger partial charge >= 0.3 is 11.4 Å². The molecule has 0 spiro atoms. The minimum Gasteiger partial charge on any atom is -0.497 e. The van der Waals surface area contributed by atoms with Crippen LogP contribution in [0.1, 0.15) is 0 Å². The highest BCUT2D eigenvalue weighted by atomic mass is 16.6. The standard InChI is InChI=1S/C6H3N3O7.C6H8N2O/c10-6-4(8(13)14)1-3(7(11)12)2-5(6)9(15)16;1-7-6-2-4-8(9)5-3-6/h1-2,10H;2-5,9H,1H3. The molecule has 0 fully saturated rings. The third-order valence-electron chi connectivity index (χ3n) is 2.71. The SMILES string of the molecule is CN=c1ccn(O)cc1.O=[N+]([O-])c1cc([N+](=O)[O-])c(O)c([N+](=O)[O-])c1. The van der Waals surface area contributed by atoms with Gasteiger partial charge in [-0.15, -0.1) is 0 Å². The van der Waals surface area contributed by atoms with E-state index in [2.05, 4.69) is 4.99 Å². The van der Waals surface area contributed by atoms with Gasteiger partial charge < -0.3 is 10.3 Å². The Kier molecular flexibility index (Phi) is 6.09. The molecule has 132 valence electrons. The Morgan fingerprint density at radius 2 is 1.40 bits per heavy atom. The predicted molar refractivity (Wildman–Crippen MR) is 81.2 cm³/mol. The second-order valence-electron chi connectivity index (χ2n) is 4.26. The summed E-state index contributed by atoms with van der Waals surface area (Å²) < 4.78 is 0.981. The average molecular weight is 353 g/mol. The highest BCUT2D eigenvalue weighted by Gasteiger charge is 2.30. The van der Waals surface area contributed by atoms with E-state index in [1.165, 1.54) is 12.4 Å². The molecular weight excluding hydrogens is 342 g/mol. The molecule has 13 heteroatoms. The van der Waals surface area contributed by atoms with Crippen molar-refractivity contribution in [3.63, 3.8) is 0 Å². The summed E-state index contributed by atoms with van der Waals surface area (Å²) in [4.78, 5) is 31.7. The lowest BCUT2D eigenvalue weighted by Crippen LogP contribution is -2.01. The van der Waals surface area contributed by atoms with Gasteiger partial charge in [0.1, 0.15) is 0 Å². The summed E-state index contributed by atoms with van der Waals surface area (Å²) in [5.74, 6) is -1.21. The first-order valence-electron chi connectivity index (χ1n) is 6.28. The van der Waals surface area contributed by atoms with Crippen molar-refractivity contribution in [3.8, 4) is 5.75 Å². The summed E-state index contributed by atoms with van der Waals surface area (Å²) >= 11 is 0. The average Bonchev–Trinajstić information content (AvgIpc) is 2.55. The van der Waals surface area contributed by atoms with Crippen molar-refractivity contribution < 1.29 is 25.1 Å². The van der Waals surface area contributed by atoms with Crippen LogP contribution >= 0.6 is 0 Å². The molecule has 2 aromatic rings. The molecule has 1 aromatic heterocycles. The topological polar surface area (TPSA) is 187 Å². The summed E-state index contributed by atoms with van der Waals surface area (Å²) in [5, 5.41) is 49.8. The van der Waals surface area contributed by atoms with E-state index in [1.54, 1.807) is 19.2 Å². The smallest absolute Gasteiger partial charge is 0.324 e. The van der Waals surface area contributed by atoms with Gasteiger partial charge in [-0.1, -0.05) is 0 Å². The summed E-state index contributed by atoms with van der Waals surface area (Å²) in [5.41, 5.74) is -3.00. The van der Waals surface area contributed by atoms with Crippen LogP contribution in [0.4, 0.5) is 17.1 Å². The third-order valence-corrected chi connectivity index (χ3v) is 2.71. The number of pyridine rings is 1. The highest BCUT2D eigenvalue weighted by Crippen LogP contribution is 2.38. The van der Waals surface area contributed by atoms with Crippen molar-refractivity contribution in [2.45, 2.75) is 0 Å². The van der Waals surface area contributed by atoms with Crippen LogP contribution in [-0.2, 0) is 0 Å². The van der Waals surface area contributed by atoms with Gasteiger partial charge in [0.2, 0.25) is 0 Å². The lowest BCUT2D eigenvalue weighted by molar-refractivity contribution is -0.404. The van der Waals surface area contributed by atoms with Crippen LogP contribution in [-0.4, -0.2) is 36.9 Å². The molecular formula is C12H11N5O8. The molecule has 2 N–H and O–H groups in total. The Labute approximate surface area is 138 Å². The quantitative estimate of drug-likeness (QED) is 0.470. The number of hydrogen-bond acceptors (Lipinski definition) is 9. The van der Waals surface area contributed by atoms with Crippen LogP contribution in [0.5, 0.6) is 5.75 Å². The van der Waals surface area contributed by atoms with Gasteiger partial charge in [-0.25, -0.2) is 4.73 Å². The molecule has 0 atom stereocenters. The van der Waals surface area contributed by atoms with Crippen LogP contribution in [0.2, 0.25) is 0 Å². The summed E-state index contributed by atoms with van der Waals surface area (Å²) in [7, 11) is 1.71. The minimum absolute atomic E-state index is 0.447. The first-order valence-corrected chi connectivity index (χ1v) is 6.28. The van der Waals surface area contributed by atoms with Crippen LogP contribution in [0, 0.1) is 30.3 Å². The van der Waals surface area contributed by atoms with Gasteiger partial charge in [-0.2, -0.15) is 0 Å². The maximum Gasteiger partial charge on any atom is 0.324 e. The molecule has 0 unspecified atom stereocenters. The number of rotatable bonds is 3. The monoisotopic (exact) mass is 353 g/mol. The minimum atomic E-state index is -1.21. The van der Waals surface area contributed by atoms with Gasteiger partial charge in [-0.05, 0) is 12.1 Å². The Balaban J connectivity index is 0.000000293. The zero-order valence-corrected chi connectivity index (χ0v) is 12.5. The van der Waals surface area contributed by atoms with Gasteiger partial charge in [0.15, 0.2) is 0 Å². The Bertz CT molecular complexity index is 836. The van der Waals surface area contributed by atoms with Crippen molar-refractivity contribution in [2.24, 2.45) is 4.99 Å². The Morgan fingerprint density at radius 3 is 1.72 bits per heavy atom. The van der Waals surface area contributed by atoms with Gasteiger partial charge in [-0.3, -0.25) is 35.3 Å². The molecule has 0 aliphatic carbocycles. The van der Waals surface area contributed by atoms with E-state index >= 15 is 0 Å². The van der Waals surface area contributed by atoms with E-state index in [0.717, 1.165) is 10.1 Å². The Morgan fingerprint density at radius 1 is 0.960 bits per heavy atom. The molecule has 2 rings (SSSR count). The number of aromatic nitrogens is 1. The lowest BCUT2D eigenvalue weighted by atomic mass is 10.2. The molecule has 13 nitrogen and oxygen atoms in total. The first-order chi connectivity index (χ1) is 11.7. The number of benzene rings is 1. The number of non-ortho nitro benzene ring substituents is 1. The molecule has 1 heterocycles. The fraction of sp³-hybridized carbons (Fsp3) is 0.0833. The molecule has 0 saturated carbocycles. The van der Waals surface area contributed by atoms with Crippen LogP contribution in [0.3, 0.4) is 0 Å². The second kappa shape index (κ2) is 8.00. The van der Waals surface area contributed by atoms with Gasteiger partial charge in [0.25, 0.3) is 11.4 Å². The number of phenolic OH excluding ortho intramolecular Hbond substituents is 1. The van der Waals surface area contributed by atoms with E-state index < -0.39 is 37.6 Å². The van der Waals surface area contributed by atoms with E-state index in [1.807, 2.05) is 0 Å². The summed E-state index contributed by atoms with van der Waals surface area (Å²) in [6.07, 6.45) is 3.06. The lowest BCUT2D eigenvalue weighted by Gasteiger charge is -1.97. The number of aromatic hydroxyl groups is 1. The molecule has 0 aliphatic heterocycles. The number of nitro benzene ring substituents is 3. The number of nitro groups is 3. The van der Waals surface area contributed by atoms with Crippen LogP contribution in [0.25, 0.3) is 0 Å². The van der Waals surface area contributed by atoms with E-state index in [4.69, 9.17) is 10.3 Å². The van der Waals surface area contributed by atoms with Crippen molar-refractivity contribution >= 4 is 17.1 Å². The molecule has 25 heavy (non-hydrogen) atoms. The molecule has 0 radical (unpaired) electrons. The van der Waals surface area contributed by atoms with E-state index in [0.29, 0.717) is 12.1 Å². The molecule has 0 saturated heterocycles. The molecule has 0 bridgehead atoms. The summed E-state index contributed by atoms with van der Waals surface area (Å²) in [6, 6.07) is 4.34. The van der Waals surface area contributed by atoms with E-state index in [9.17, 15) is 30.3 Å². The van der Waals surface area contributed by atoms with Gasteiger partial charge in [0.05, 0.1) is 32.3 Å². The molecule has 0 amide bonds. The van der Waals surface area contributed by atoms with Crippen molar-refractivity contribution in [1.82, 2.24) is 4.73 Å². The fourth-order valence-electron chi connectivity index (χ4n) is 1.53. The van der Waals surface area contributed by atoms with Crippen molar-refractivity contribution in [2.75, 3.05) is 7.05 Å². The van der Waals surface area contributed by atoms with Crippen molar-refractivity contribution in [3.05, 3.63) is 72.4 Å². The number of nitrogens with zero attached hydrogens (tertiary/aromatic N) is 5. The van der Waals surface area contributed by atoms with Crippen molar-refractivity contribution in [1.29, 1.82) is 0 Å². The molecule has 1 aromatic carbocycles. The zero-order valence-electron chi connectivity index (χ0n) is 12.5. The van der Waals surface area contributed by atoms with Crippen LogP contribution < -0.4 is 5.36 Å². The number of phenols is 1. The zero-order chi connectivity index (χ0) is 19.1.